The van der Waals surface area contributed by atoms with E-state index in [1.165, 1.54) is 29.7 Å². The molecule has 5 aromatic rings. The highest BCUT2D eigenvalue weighted by molar-refractivity contribution is 7.13. The lowest BCUT2D eigenvalue weighted by molar-refractivity contribution is 0.0908. The van der Waals surface area contributed by atoms with Crippen molar-refractivity contribution in [3.05, 3.63) is 83.4 Å². The van der Waals surface area contributed by atoms with Gasteiger partial charge in [0.05, 0.1) is 23.0 Å². The number of hydrogen-bond acceptors (Lipinski definition) is 7. The molecule has 35 heavy (non-hydrogen) atoms. The Morgan fingerprint density at radius 1 is 1.06 bits per heavy atom. The molecule has 6 rings (SSSR count). The SMILES string of the molecule is O=C(N[C@H]1C[C@H](c2nnc(-c3nccs3)n2-c2ccccc2F)C1)c1ccnc2cc(F)cnc12. The van der Waals surface area contributed by atoms with Gasteiger partial charge in [-0.15, -0.1) is 21.5 Å². The number of benzene rings is 1. The molecule has 1 fully saturated rings. The van der Waals surface area contributed by atoms with Gasteiger partial charge in [0, 0.05) is 35.8 Å². The van der Waals surface area contributed by atoms with E-state index in [0.717, 1.165) is 6.20 Å². The molecule has 1 aliphatic rings. The second-order valence-electron chi connectivity index (χ2n) is 8.22. The van der Waals surface area contributed by atoms with Gasteiger partial charge in [-0.2, -0.15) is 0 Å². The van der Waals surface area contributed by atoms with Gasteiger partial charge in [-0.25, -0.2) is 13.8 Å². The van der Waals surface area contributed by atoms with Gasteiger partial charge in [0.15, 0.2) is 10.8 Å². The number of carbonyl (C=O) groups excluding carboxylic acids is 1. The third-order valence-electron chi connectivity index (χ3n) is 6.03. The molecule has 1 amide bonds. The first-order valence-electron chi connectivity index (χ1n) is 10.9. The van der Waals surface area contributed by atoms with Gasteiger partial charge < -0.3 is 5.32 Å². The maximum atomic E-state index is 14.7. The van der Waals surface area contributed by atoms with Crippen molar-refractivity contribution >= 4 is 28.3 Å². The van der Waals surface area contributed by atoms with Crippen LogP contribution in [0.4, 0.5) is 8.78 Å². The Kier molecular flexibility index (Phi) is 5.25. The van der Waals surface area contributed by atoms with E-state index in [0.29, 0.717) is 51.8 Å². The van der Waals surface area contributed by atoms with Crippen molar-refractivity contribution in [1.82, 2.24) is 35.0 Å². The lowest BCUT2D eigenvalue weighted by atomic mass is 9.79. The van der Waals surface area contributed by atoms with Gasteiger partial charge >= 0.3 is 0 Å². The van der Waals surface area contributed by atoms with E-state index >= 15 is 0 Å². The van der Waals surface area contributed by atoms with Crippen LogP contribution in [0.15, 0.2) is 60.4 Å². The summed E-state index contributed by atoms with van der Waals surface area (Å²) in [5, 5.41) is 14.2. The summed E-state index contributed by atoms with van der Waals surface area (Å²) >= 11 is 1.40. The molecule has 4 heterocycles. The van der Waals surface area contributed by atoms with Crippen LogP contribution in [0.3, 0.4) is 0 Å². The molecule has 11 heteroatoms. The first-order chi connectivity index (χ1) is 17.1. The standard InChI is InChI=1S/C24H17F2N7OS/c25-14-11-18-20(29-12-14)16(5-6-27-18)23(34)30-15-9-13(10-15)21-31-32-22(24-28-7-8-35-24)33(21)19-4-2-1-3-17(19)26/h1-8,11-13,15H,9-10H2,(H,30,34)/t13-,15-. The highest BCUT2D eigenvalue weighted by atomic mass is 32.1. The van der Waals surface area contributed by atoms with E-state index in [1.54, 1.807) is 35.0 Å². The van der Waals surface area contributed by atoms with Crippen LogP contribution in [0, 0.1) is 11.6 Å². The van der Waals surface area contributed by atoms with Crippen molar-refractivity contribution in [2.24, 2.45) is 0 Å². The number of fused-ring (bicyclic) bond motifs is 1. The van der Waals surface area contributed by atoms with Crippen LogP contribution in [0.2, 0.25) is 0 Å². The lowest BCUT2D eigenvalue weighted by Gasteiger charge is -2.35. The molecule has 0 saturated heterocycles. The summed E-state index contributed by atoms with van der Waals surface area (Å²) in [5.41, 5.74) is 1.34. The molecule has 1 aliphatic carbocycles. The molecule has 0 spiro atoms. The number of hydrogen-bond donors (Lipinski definition) is 1. The predicted octanol–water partition coefficient (Wildman–Crippen LogP) is 4.29. The van der Waals surface area contributed by atoms with E-state index in [2.05, 4.69) is 30.5 Å². The molecule has 1 aromatic carbocycles. The number of nitrogens with one attached hydrogen (secondary N) is 1. The smallest absolute Gasteiger partial charge is 0.253 e. The van der Waals surface area contributed by atoms with Gasteiger partial charge in [-0.3, -0.25) is 19.3 Å². The highest BCUT2D eigenvalue weighted by Crippen LogP contribution is 2.39. The molecule has 0 atom stereocenters. The van der Waals surface area contributed by atoms with Gasteiger partial charge in [0.2, 0.25) is 0 Å². The Hall–Kier alpha value is -4.12. The number of rotatable bonds is 5. The predicted molar refractivity (Wildman–Crippen MR) is 125 cm³/mol. The molecular formula is C24H17F2N7OS. The monoisotopic (exact) mass is 489 g/mol. The van der Waals surface area contributed by atoms with E-state index in [4.69, 9.17) is 0 Å². The number of para-hydroxylation sites is 1. The molecule has 0 radical (unpaired) electrons. The van der Waals surface area contributed by atoms with Crippen molar-refractivity contribution < 1.29 is 13.6 Å². The summed E-state index contributed by atoms with van der Waals surface area (Å²) in [7, 11) is 0. The van der Waals surface area contributed by atoms with Crippen molar-refractivity contribution in [1.29, 1.82) is 0 Å². The van der Waals surface area contributed by atoms with Crippen LogP contribution >= 0.6 is 11.3 Å². The van der Waals surface area contributed by atoms with Crippen molar-refractivity contribution in [2.45, 2.75) is 24.8 Å². The summed E-state index contributed by atoms with van der Waals surface area (Å²) in [6.07, 6.45) is 5.41. The molecule has 1 N–H and O–H groups in total. The Balaban J connectivity index is 1.24. The largest absolute Gasteiger partial charge is 0.349 e. The highest BCUT2D eigenvalue weighted by Gasteiger charge is 2.37. The third kappa shape index (κ3) is 3.83. The average Bonchev–Trinajstić information content (AvgIpc) is 3.51. The van der Waals surface area contributed by atoms with Crippen molar-refractivity contribution in [3.63, 3.8) is 0 Å². The zero-order chi connectivity index (χ0) is 23.9. The van der Waals surface area contributed by atoms with Crippen LogP contribution in [0.25, 0.3) is 27.6 Å². The molecule has 0 bridgehead atoms. The number of halogens is 2. The number of aromatic nitrogens is 6. The Bertz CT molecular complexity index is 1550. The quantitative estimate of drug-likeness (QED) is 0.396. The number of thiazole rings is 1. The van der Waals surface area contributed by atoms with E-state index in [-0.39, 0.29) is 23.7 Å². The molecule has 4 aromatic heterocycles. The van der Waals surface area contributed by atoms with Gasteiger partial charge in [0.25, 0.3) is 5.91 Å². The first-order valence-corrected chi connectivity index (χ1v) is 11.8. The van der Waals surface area contributed by atoms with Crippen LogP contribution in [-0.4, -0.2) is 41.7 Å². The maximum absolute atomic E-state index is 14.7. The van der Waals surface area contributed by atoms with E-state index < -0.39 is 5.82 Å². The molecular weight excluding hydrogens is 472 g/mol. The maximum Gasteiger partial charge on any atom is 0.253 e. The fourth-order valence-corrected chi connectivity index (χ4v) is 4.91. The van der Waals surface area contributed by atoms with Crippen LogP contribution in [0.1, 0.15) is 34.9 Å². The van der Waals surface area contributed by atoms with Crippen LogP contribution < -0.4 is 5.32 Å². The molecule has 1 saturated carbocycles. The molecule has 0 aliphatic heterocycles. The molecule has 8 nitrogen and oxygen atoms in total. The Morgan fingerprint density at radius 2 is 1.91 bits per heavy atom. The number of pyridine rings is 2. The molecule has 0 unspecified atom stereocenters. The number of nitrogens with zero attached hydrogens (tertiary/aromatic N) is 6. The Morgan fingerprint density at radius 3 is 2.71 bits per heavy atom. The second-order valence-corrected chi connectivity index (χ2v) is 9.12. The summed E-state index contributed by atoms with van der Waals surface area (Å²) in [4.78, 5) is 25.4. The topological polar surface area (TPSA) is 98.5 Å². The lowest BCUT2D eigenvalue weighted by Crippen LogP contribution is -2.44. The normalized spacial score (nSPS) is 17.3. The zero-order valence-electron chi connectivity index (χ0n) is 18.1. The second kappa shape index (κ2) is 8.58. The Labute approximate surface area is 201 Å². The fraction of sp³-hybridized carbons (Fsp3) is 0.167. The van der Waals surface area contributed by atoms with Crippen molar-refractivity contribution in [3.8, 4) is 16.5 Å². The van der Waals surface area contributed by atoms with Gasteiger partial charge in [-0.1, -0.05) is 12.1 Å². The summed E-state index contributed by atoms with van der Waals surface area (Å²) in [6, 6.07) is 9.17. The third-order valence-corrected chi connectivity index (χ3v) is 6.80. The van der Waals surface area contributed by atoms with Gasteiger partial charge in [0.1, 0.15) is 23.0 Å². The average molecular weight is 490 g/mol. The number of amides is 1. The summed E-state index contributed by atoms with van der Waals surface area (Å²) in [5.74, 6) is -0.127. The minimum atomic E-state index is -0.513. The molecule has 174 valence electrons. The van der Waals surface area contributed by atoms with E-state index in [1.807, 2.05) is 5.38 Å². The van der Waals surface area contributed by atoms with Gasteiger partial charge in [-0.05, 0) is 31.0 Å². The number of carbonyl (C=O) groups is 1. The minimum Gasteiger partial charge on any atom is -0.349 e. The minimum absolute atomic E-state index is 0.0254. The van der Waals surface area contributed by atoms with Crippen LogP contribution in [0.5, 0.6) is 0 Å². The first kappa shape index (κ1) is 21.4. The summed E-state index contributed by atoms with van der Waals surface area (Å²) < 4.78 is 29.9. The van der Waals surface area contributed by atoms with Crippen LogP contribution in [-0.2, 0) is 0 Å². The summed E-state index contributed by atoms with van der Waals surface area (Å²) in [6.45, 7) is 0. The fourth-order valence-electron chi connectivity index (χ4n) is 4.30. The zero-order valence-corrected chi connectivity index (χ0v) is 18.9. The van der Waals surface area contributed by atoms with E-state index in [9.17, 15) is 13.6 Å². The van der Waals surface area contributed by atoms with Crippen molar-refractivity contribution in [2.75, 3.05) is 0 Å².